The molecule has 1 unspecified atom stereocenters. The zero-order valence-electron chi connectivity index (χ0n) is 24.3. The van der Waals surface area contributed by atoms with Crippen LogP contribution < -0.4 is 10.6 Å². The highest BCUT2D eigenvalue weighted by Crippen LogP contribution is 2.48. The van der Waals surface area contributed by atoms with Crippen molar-refractivity contribution in [3.8, 4) is 11.4 Å². The van der Waals surface area contributed by atoms with Gasteiger partial charge in [-0.05, 0) is 33.3 Å². The summed E-state index contributed by atoms with van der Waals surface area (Å²) in [4.78, 5) is 46.8. The fraction of sp³-hybridized carbons (Fsp3) is 0.536. The number of carbonyl (C=O) groups excluding carboxylic acids is 2. The van der Waals surface area contributed by atoms with Gasteiger partial charge in [0.25, 0.3) is 5.91 Å². The monoisotopic (exact) mass is 591 g/mol. The minimum Gasteiger partial charge on any atom is -0.481 e. The molecule has 0 aliphatic carbocycles. The van der Waals surface area contributed by atoms with Gasteiger partial charge in [-0.3, -0.25) is 18.9 Å². The molecule has 226 valence electrons. The smallest absolute Gasteiger partial charge is 0.333 e. The molecule has 2 aromatic rings. The van der Waals surface area contributed by atoms with Crippen LogP contribution in [-0.4, -0.2) is 89.4 Å². The lowest BCUT2D eigenvalue weighted by atomic mass is 10.2. The van der Waals surface area contributed by atoms with E-state index >= 15 is 0 Å². The Morgan fingerprint density at radius 1 is 1.07 bits per heavy atom. The first-order valence-corrected chi connectivity index (χ1v) is 15.7. The van der Waals surface area contributed by atoms with E-state index in [-0.39, 0.29) is 31.0 Å². The van der Waals surface area contributed by atoms with Gasteiger partial charge in [0.05, 0.1) is 19.4 Å². The third-order valence-electron chi connectivity index (χ3n) is 5.95. The van der Waals surface area contributed by atoms with Crippen LogP contribution in [0.1, 0.15) is 56.2 Å². The fourth-order valence-electron chi connectivity index (χ4n) is 4.01. The molecule has 2 amide bonds. The third kappa shape index (κ3) is 11.7. The van der Waals surface area contributed by atoms with E-state index in [2.05, 4.69) is 20.6 Å². The maximum atomic E-state index is 13.3. The lowest BCUT2D eigenvalue weighted by Gasteiger charge is -2.32. The Morgan fingerprint density at radius 2 is 1.71 bits per heavy atom. The summed E-state index contributed by atoms with van der Waals surface area (Å²) in [5, 5.41) is 14.0. The molecule has 13 heteroatoms. The molecule has 1 aliphatic heterocycles. The van der Waals surface area contributed by atoms with Crippen molar-refractivity contribution in [2.45, 2.75) is 53.0 Å². The number of aryl methyl sites for hydroxylation is 1. The SMILES string of the molecule is CCCCC(=O)O.CCOP(=O)(CC(NC(=O)c1cc(C)nc(-c2ccccc2)n1)C(=O)N1CCNCC1)OCC. The van der Waals surface area contributed by atoms with E-state index < -0.39 is 25.5 Å². The van der Waals surface area contributed by atoms with E-state index in [0.29, 0.717) is 44.1 Å². The topological polar surface area (TPSA) is 160 Å². The molecule has 0 spiro atoms. The Labute approximate surface area is 241 Å². The Hall–Kier alpha value is -3.18. The van der Waals surface area contributed by atoms with Crippen LogP contribution >= 0.6 is 7.60 Å². The quantitative estimate of drug-likeness (QED) is 0.294. The molecule has 1 saturated heterocycles. The maximum absolute atomic E-state index is 13.3. The zero-order chi connectivity index (χ0) is 30.3. The van der Waals surface area contributed by atoms with Crippen LogP contribution in [0, 0.1) is 6.92 Å². The molecule has 2 heterocycles. The van der Waals surface area contributed by atoms with Crippen molar-refractivity contribution in [3.63, 3.8) is 0 Å². The molecule has 1 aromatic carbocycles. The second kappa shape index (κ2) is 17.6. The van der Waals surface area contributed by atoms with Gasteiger partial charge in [0.2, 0.25) is 5.91 Å². The molecule has 12 nitrogen and oxygen atoms in total. The number of piperazine rings is 1. The van der Waals surface area contributed by atoms with E-state index in [0.717, 1.165) is 18.4 Å². The number of amides is 2. The minimum atomic E-state index is -3.61. The van der Waals surface area contributed by atoms with Crippen molar-refractivity contribution < 1.29 is 33.1 Å². The van der Waals surface area contributed by atoms with Crippen LogP contribution in [-0.2, 0) is 23.2 Å². The second-order valence-corrected chi connectivity index (χ2v) is 11.4. The molecule has 0 saturated carbocycles. The van der Waals surface area contributed by atoms with Gasteiger partial charge in [-0.15, -0.1) is 0 Å². The number of hydrogen-bond donors (Lipinski definition) is 3. The van der Waals surface area contributed by atoms with Gasteiger partial charge in [-0.25, -0.2) is 9.97 Å². The summed E-state index contributed by atoms with van der Waals surface area (Å²) in [6.07, 6.45) is 1.82. The Balaban J connectivity index is 0.000000745. The standard InChI is InChI=1S/C23H32N5O5P.C5H10O2/c1-4-32-34(31,33-5-2)16-20(23(30)28-13-11-24-12-14-28)27-22(29)19-15-17(3)25-21(26-19)18-9-7-6-8-10-18;1-2-3-4-5(6)7/h6-10,15,20,24H,4-5,11-14,16H2,1-3H3,(H,27,29);2-4H2,1H3,(H,6,7). The first kappa shape index (κ1) is 34.0. The van der Waals surface area contributed by atoms with Crippen molar-refractivity contribution in [3.05, 3.63) is 47.8 Å². The summed E-state index contributed by atoms with van der Waals surface area (Å²) in [6, 6.07) is 9.78. The van der Waals surface area contributed by atoms with Gasteiger partial charge in [-0.2, -0.15) is 0 Å². The van der Waals surface area contributed by atoms with Crippen LogP contribution in [0.4, 0.5) is 0 Å². The van der Waals surface area contributed by atoms with Crippen LogP contribution in [0.5, 0.6) is 0 Å². The average Bonchev–Trinajstić information content (AvgIpc) is 2.96. The average molecular weight is 592 g/mol. The fourth-order valence-corrected chi connectivity index (χ4v) is 5.78. The summed E-state index contributed by atoms with van der Waals surface area (Å²) in [7, 11) is -3.61. The molecule has 41 heavy (non-hydrogen) atoms. The molecule has 1 aliphatic rings. The Morgan fingerprint density at radius 3 is 2.24 bits per heavy atom. The van der Waals surface area contributed by atoms with E-state index in [1.54, 1.807) is 31.7 Å². The summed E-state index contributed by atoms with van der Waals surface area (Å²) < 4.78 is 24.0. The number of carboxylic acids is 1. The van der Waals surface area contributed by atoms with Crippen LogP contribution in [0.2, 0.25) is 0 Å². The predicted octanol–water partition coefficient (Wildman–Crippen LogP) is 3.51. The zero-order valence-corrected chi connectivity index (χ0v) is 25.2. The number of nitrogens with zero attached hydrogens (tertiary/aromatic N) is 3. The van der Waals surface area contributed by atoms with E-state index in [4.69, 9.17) is 14.2 Å². The number of hydrogen-bond acceptors (Lipinski definition) is 9. The van der Waals surface area contributed by atoms with E-state index in [1.807, 2.05) is 37.3 Å². The molecule has 0 radical (unpaired) electrons. The summed E-state index contributed by atoms with van der Waals surface area (Å²) >= 11 is 0. The van der Waals surface area contributed by atoms with Gasteiger partial charge in [0.1, 0.15) is 11.7 Å². The van der Waals surface area contributed by atoms with Crippen molar-refractivity contribution in [2.24, 2.45) is 0 Å². The van der Waals surface area contributed by atoms with Crippen molar-refractivity contribution in [1.29, 1.82) is 0 Å². The Bertz CT molecular complexity index is 1170. The van der Waals surface area contributed by atoms with Crippen LogP contribution in [0.25, 0.3) is 11.4 Å². The highest BCUT2D eigenvalue weighted by atomic mass is 31.2. The first-order valence-electron chi connectivity index (χ1n) is 13.9. The number of benzene rings is 1. The van der Waals surface area contributed by atoms with E-state index in [9.17, 15) is 18.9 Å². The number of rotatable bonds is 13. The van der Waals surface area contributed by atoms with Crippen molar-refractivity contribution in [1.82, 2.24) is 25.5 Å². The minimum absolute atomic E-state index is 0.118. The molecule has 1 fully saturated rings. The normalized spacial score (nSPS) is 14.0. The predicted molar refractivity (Wildman–Crippen MR) is 156 cm³/mol. The Kier molecular flexibility index (Phi) is 14.6. The summed E-state index contributed by atoms with van der Waals surface area (Å²) in [5.74, 6) is -1.17. The maximum Gasteiger partial charge on any atom is 0.333 e. The van der Waals surface area contributed by atoms with Gasteiger partial charge < -0.3 is 29.7 Å². The van der Waals surface area contributed by atoms with Crippen LogP contribution in [0.3, 0.4) is 0 Å². The lowest BCUT2D eigenvalue weighted by Crippen LogP contribution is -2.55. The number of nitrogens with one attached hydrogen (secondary N) is 2. The van der Waals surface area contributed by atoms with Gasteiger partial charge in [0.15, 0.2) is 5.82 Å². The number of carboxylic acid groups (broad SMARTS) is 1. The molecule has 0 bridgehead atoms. The number of unbranched alkanes of at least 4 members (excludes halogenated alkanes) is 1. The molecular formula is C28H42N5O7P. The highest BCUT2D eigenvalue weighted by molar-refractivity contribution is 7.54. The van der Waals surface area contributed by atoms with Crippen molar-refractivity contribution >= 4 is 25.4 Å². The van der Waals surface area contributed by atoms with E-state index in [1.165, 1.54) is 0 Å². The molecule has 1 aromatic heterocycles. The molecule has 3 N–H and O–H groups in total. The summed E-state index contributed by atoms with van der Waals surface area (Å²) in [6.45, 7) is 9.73. The van der Waals surface area contributed by atoms with Crippen LogP contribution in [0.15, 0.2) is 36.4 Å². The van der Waals surface area contributed by atoms with Gasteiger partial charge >= 0.3 is 13.6 Å². The highest BCUT2D eigenvalue weighted by Gasteiger charge is 2.36. The number of aromatic nitrogens is 2. The van der Waals surface area contributed by atoms with Gasteiger partial charge in [0, 0.05) is 43.9 Å². The molecule has 3 rings (SSSR count). The molecule has 1 atom stereocenters. The third-order valence-corrected chi connectivity index (χ3v) is 8.07. The largest absolute Gasteiger partial charge is 0.481 e. The summed E-state index contributed by atoms with van der Waals surface area (Å²) in [5.41, 5.74) is 1.50. The number of aliphatic carboxylic acids is 1. The number of carbonyl (C=O) groups is 3. The lowest BCUT2D eigenvalue weighted by molar-refractivity contribution is -0.137. The van der Waals surface area contributed by atoms with Gasteiger partial charge in [-0.1, -0.05) is 43.7 Å². The second-order valence-electron chi connectivity index (χ2n) is 9.31. The molecular weight excluding hydrogens is 549 g/mol. The van der Waals surface area contributed by atoms with Crippen molar-refractivity contribution in [2.75, 3.05) is 45.6 Å². The first-order chi connectivity index (χ1) is 19.6.